The van der Waals surface area contributed by atoms with E-state index in [-0.39, 0.29) is 12.5 Å². The fourth-order valence-corrected chi connectivity index (χ4v) is 1.88. The van der Waals surface area contributed by atoms with Crippen molar-refractivity contribution >= 4 is 11.9 Å². The second-order valence-corrected chi connectivity index (χ2v) is 4.82. The van der Waals surface area contributed by atoms with Gasteiger partial charge in [-0.25, -0.2) is 4.79 Å². The number of benzene rings is 2. The summed E-state index contributed by atoms with van der Waals surface area (Å²) < 4.78 is 15.4. The average molecular weight is 329 g/mol. The monoisotopic (exact) mass is 329 g/mol. The third-order valence-corrected chi connectivity index (χ3v) is 3.08. The summed E-state index contributed by atoms with van der Waals surface area (Å²) in [6.07, 6.45) is 0. The predicted molar refractivity (Wildman–Crippen MR) is 88.2 cm³/mol. The Morgan fingerprint density at radius 1 is 0.917 bits per heavy atom. The SMILES string of the molecule is COC(=O)c1ccc(OCC(=O)NCCOc2ccccc2)cc1. The largest absolute Gasteiger partial charge is 0.492 e. The Labute approximate surface area is 140 Å². The summed E-state index contributed by atoms with van der Waals surface area (Å²) in [7, 11) is 1.32. The maximum atomic E-state index is 11.7. The van der Waals surface area contributed by atoms with Crippen molar-refractivity contribution in [3.8, 4) is 11.5 Å². The van der Waals surface area contributed by atoms with Gasteiger partial charge in [-0.3, -0.25) is 4.79 Å². The lowest BCUT2D eigenvalue weighted by molar-refractivity contribution is -0.123. The molecule has 1 N–H and O–H groups in total. The first-order valence-electron chi connectivity index (χ1n) is 7.45. The van der Waals surface area contributed by atoms with Crippen LogP contribution in [0.2, 0.25) is 0 Å². The number of ether oxygens (including phenoxy) is 3. The van der Waals surface area contributed by atoms with Crippen molar-refractivity contribution in [2.45, 2.75) is 0 Å². The molecule has 0 aromatic heterocycles. The molecule has 6 nitrogen and oxygen atoms in total. The van der Waals surface area contributed by atoms with Crippen LogP contribution in [0.4, 0.5) is 0 Å². The van der Waals surface area contributed by atoms with Gasteiger partial charge in [0.15, 0.2) is 6.61 Å². The third-order valence-electron chi connectivity index (χ3n) is 3.08. The lowest BCUT2D eigenvalue weighted by atomic mass is 10.2. The van der Waals surface area contributed by atoms with Crippen molar-refractivity contribution < 1.29 is 23.8 Å². The Balaban J connectivity index is 1.65. The van der Waals surface area contributed by atoms with Crippen LogP contribution in [0.1, 0.15) is 10.4 Å². The van der Waals surface area contributed by atoms with Crippen molar-refractivity contribution in [1.29, 1.82) is 0 Å². The van der Waals surface area contributed by atoms with E-state index in [2.05, 4.69) is 10.1 Å². The van der Waals surface area contributed by atoms with E-state index in [4.69, 9.17) is 9.47 Å². The van der Waals surface area contributed by atoms with Crippen LogP contribution in [0.15, 0.2) is 54.6 Å². The molecule has 6 heteroatoms. The highest BCUT2D eigenvalue weighted by Crippen LogP contribution is 2.12. The van der Waals surface area contributed by atoms with Crippen LogP contribution in [0.5, 0.6) is 11.5 Å². The number of para-hydroxylation sites is 1. The van der Waals surface area contributed by atoms with Gasteiger partial charge >= 0.3 is 5.97 Å². The van der Waals surface area contributed by atoms with Crippen LogP contribution >= 0.6 is 0 Å². The maximum absolute atomic E-state index is 11.7. The molecule has 1 amide bonds. The molecule has 0 spiro atoms. The van der Waals surface area contributed by atoms with E-state index in [0.29, 0.717) is 24.5 Å². The summed E-state index contributed by atoms with van der Waals surface area (Å²) >= 11 is 0. The van der Waals surface area contributed by atoms with Gasteiger partial charge in [0.1, 0.15) is 18.1 Å². The minimum Gasteiger partial charge on any atom is -0.492 e. The van der Waals surface area contributed by atoms with Crippen molar-refractivity contribution in [2.75, 3.05) is 26.9 Å². The molecule has 0 aliphatic rings. The summed E-state index contributed by atoms with van der Waals surface area (Å²) in [5.41, 5.74) is 0.423. The van der Waals surface area contributed by atoms with Crippen LogP contribution in [-0.2, 0) is 9.53 Å². The van der Waals surface area contributed by atoms with Crippen LogP contribution in [0.25, 0.3) is 0 Å². The van der Waals surface area contributed by atoms with E-state index in [9.17, 15) is 9.59 Å². The second-order valence-electron chi connectivity index (χ2n) is 4.82. The lowest BCUT2D eigenvalue weighted by Gasteiger charge is -2.09. The summed E-state index contributed by atoms with van der Waals surface area (Å²) in [6.45, 7) is 0.658. The molecule has 0 bridgehead atoms. The standard InChI is InChI=1S/C18H19NO5/c1-22-18(21)14-7-9-16(10-8-14)24-13-17(20)19-11-12-23-15-5-3-2-4-6-15/h2-10H,11-13H2,1H3,(H,19,20). The molecule has 0 aliphatic carbocycles. The average Bonchev–Trinajstić information content (AvgIpc) is 2.64. The molecule has 0 saturated carbocycles. The van der Waals surface area contributed by atoms with E-state index in [1.54, 1.807) is 24.3 Å². The molecule has 2 rings (SSSR count). The number of amides is 1. The van der Waals surface area contributed by atoms with Gasteiger partial charge in [-0.1, -0.05) is 18.2 Å². The molecule has 0 aliphatic heterocycles. The molecular weight excluding hydrogens is 310 g/mol. The first kappa shape index (κ1) is 17.3. The summed E-state index contributed by atoms with van der Waals surface area (Å²) in [4.78, 5) is 23.0. The van der Waals surface area contributed by atoms with E-state index in [1.165, 1.54) is 7.11 Å². The number of hydrogen-bond donors (Lipinski definition) is 1. The Hall–Kier alpha value is -3.02. The quantitative estimate of drug-likeness (QED) is 0.593. The first-order chi connectivity index (χ1) is 11.7. The maximum Gasteiger partial charge on any atom is 0.337 e. The summed E-state index contributed by atoms with van der Waals surface area (Å²) in [5, 5.41) is 2.70. The number of carbonyl (C=O) groups excluding carboxylic acids is 2. The molecular formula is C18H19NO5. The van der Waals surface area contributed by atoms with Crippen molar-refractivity contribution in [3.63, 3.8) is 0 Å². The molecule has 0 saturated heterocycles. The number of nitrogens with one attached hydrogen (secondary N) is 1. The molecule has 0 unspecified atom stereocenters. The molecule has 2 aromatic carbocycles. The van der Waals surface area contributed by atoms with Gasteiger partial charge in [-0.05, 0) is 36.4 Å². The van der Waals surface area contributed by atoms with Gasteiger partial charge in [-0.2, -0.15) is 0 Å². The molecule has 0 atom stereocenters. The van der Waals surface area contributed by atoms with Crippen LogP contribution in [-0.4, -0.2) is 38.7 Å². The molecule has 2 aromatic rings. The smallest absolute Gasteiger partial charge is 0.337 e. The highest BCUT2D eigenvalue weighted by Gasteiger charge is 2.06. The highest BCUT2D eigenvalue weighted by molar-refractivity contribution is 5.89. The van der Waals surface area contributed by atoms with Crippen LogP contribution in [0, 0.1) is 0 Å². The zero-order chi connectivity index (χ0) is 17.2. The Morgan fingerprint density at radius 3 is 2.25 bits per heavy atom. The lowest BCUT2D eigenvalue weighted by Crippen LogP contribution is -2.32. The predicted octanol–water partition coefficient (Wildman–Crippen LogP) is 2.05. The van der Waals surface area contributed by atoms with Gasteiger partial charge in [-0.15, -0.1) is 0 Å². The first-order valence-corrected chi connectivity index (χ1v) is 7.45. The van der Waals surface area contributed by atoms with Gasteiger partial charge < -0.3 is 19.5 Å². The number of hydrogen-bond acceptors (Lipinski definition) is 5. The highest BCUT2D eigenvalue weighted by atomic mass is 16.5. The van der Waals surface area contributed by atoms with Gasteiger partial charge in [0.2, 0.25) is 0 Å². The topological polar surface area (TPSA) is 73.9 Å². The van der Waals surface area contributed by atoms with Gasteiger partial charge in [0, 0.05) is 0 Å². The zero-order valence-electron chi connectivity index (χ0n) is 13.4. The normalized spacial score (nSPS) is 9.88. The van der Waals surface area contributed by atoms with E-state index >= 15 is 0 Å². The summed E-state index contributed by atoms with van der Waals surface area (Å²) in [6, 6.07) is 15.7. The Morgan fingerprint density at radius 2 is 1.58 bits per heavy atom. The zero-order valence-corrected chi connectivity index (χ0v) is 13.4. The van der Waals surface area contributed by atoms with Gasteiger partial charge in [0.25, 0.3) is 5.91 Å². The Bertz CT molecular complexity index is 655. The molecule has 24 heavy (non-hydrogen) atoms. The van der Waals surface area contributed by atoms with Crippen molar-refractivity contribution in [2.24, 2.45) is 0 Å². The number of esters is 1. The minimum absolute atomic E-state index is 0.108. The molecule has 0 radical (unpaired) electrons. The number of carbonyl (C=O) groups is 2. The molecule has 0 heterocycles. The van der Waals surface area contributed by atoms with E-state index in [1.807, 2.05) is 30.3 Å². The van der Waals surface area contributed by atoms with Crippen molar-refractivity contribution in [3.05, 3.63) is 60.2 Å². The van der Waals surface area contributed by atoms with Gasteiger partial charge in [0.05, 0.1) is 19.2 Å². The van der Waals surface area contributed by atoms with E-state index < -0.39 is 5.97 Å². The fraction of sp³-hybridized carbons (Fsp3) is 0.222. The molecule has 126 valence electrons. The van der Waals surface area contributed by atoms with Crippen LogP contribution < -0.4 is 14.8 Å². The van der Waals surface area contributed by atoms with E-state index in [0.717, 1.165) is 5.75 Å². The second kappa shape index (κ2) is 9.19. The summed E-state index contributed by atoms with van der Waals surface area (Å²) in [5.74, 6) is 0.591. The molecule has 0 fully saturated rings. The Kier molecular flexibility index (Phi) is 6.64. The fourth-order valence-electron chi connectivity index (χ4n) is 1.88. The number of rotatable bonds is 8. The third kappa shape index (κ3) is 5.64. The van der Waals surface area contributed by atoms with Crippen molar-refractivity contribution in [1.82, 2.24) is 5.32 Å². The van der Waals surface area contributed by atoms with Crippen LogP contribution in [0.3, 0.4) is 0 Å². The minimum atomic E-state index is -0.419. The number of methoxy groups -OCH3 is 1.